The number of nitrogens with one attached hydrogen (secondary N) is 1. The minimum absolute atomic E-state index is 0.000676. The van der Waals surface area contributed by atoms with Crippen LogP contribution in [0, 0.1) is 3.57 Å². The quantitative estimate of drug-likeness (QED) is 0.413. The summed E-state index contributed by atoms with van der Waals surface area (Å²) < 4.78 is 11.2. The Hall–Kier alpha value is -2.30. The van der Waals surface area contributed by atoms with E-state index >= 15 is 0 Å². The summed E-state index contributed by atoms with van der Waals surface area (Å²) in [7, 11) is 3.00. The topological polar surface area (TPSA) is 105 Å². The van der Waals surface area contributed by atoms with Gasteiger partial charge in [0.2, 0.25) is 0 Å². The molecule has 0 bridgehead atoms. The zero-order chi connectivity index (χ0) is 17.1. The number of carboxylic acid groups (broad SMARTS) is 1. The van der Waals surface area contributed by atoms with Crippen molar-refractivity contribution < 1.29 is 29.0 Å². The maximum atomic E-state index is 12.1. The molecule has 1 saturated heterocycles. The molecule has 1 aromatic carbocycles. The van der Waals surface area contributed by atoms with E-state index in [1.54, 1.807) is 12.1 Å². The summed E-state index contributed by atoms with van der Waals surface area (Å²) in [6.07, 6.45) is 1.45. The maximum absolute atomic E-state index is 12.1. The third-order valence-electron chi connectivity index (χ3n) is 3.02. The van der Waals surface area contributed by atoms with Gasteiger partial charge in [0.05, 0.1) is 17.8 Å². The van der Waals surface area contributed by atoms with E-state index in [1.165, 1.54) is 20.3 Å². The fourth-order valence-corrected chi connectivity index (χ4v) is 2.88. The predicted octanol–water partition coefficient (Wildman–Crippen LogP) is 1.29. The van der Waals surface area contributed by atoms with Crippen LogP contribution < -0.4 is 14.8 Å². The second-order valence-corrected chi connectivity index (χ2v) is 5.67. The van der Waals surface area contributed by atoms with E-state index in [4.69, 9.17) is 14.6 Å². The molecule has 1 aromatic rings. The monoisotopic (exact) mass is 432 g/mol. The summed E-state index contributed by atoms with van der Waals surface area (Å²) in [5.74, 6) is -0.924. The minimum Gasteiger partial charge on any atom is -0.493 e. The van der Waals surface area contributed by atoms with Crippen LogP contribution in [0.15, 0.2) is 17.8 Å². The minimum atomic E-state index is -1.27. The first-order valence-corrected chi connectivity index (χ1v) is 7.43. The number of carboxylic acids is 1. The number of halogens is 1. The third-order valence-corrected chi connectivity index (χ3v) is 3.82. The number of methoxy groups -OCH3 is 2. The summed E-state index contributed by atoms with van der Waals surface area (Å²) >= 11 is 2.06. The number of hydrogen-bond acceptors (Lipinski definition) is 5. The lowest BCUT2D eigenvalue weighted by Gasteiger charge is -2.10. The van der Waals surface area contributed by atoms with Crippen LogP contribution >= 0.6 is 22.6 Å². The summed E-state index contributed by atoms with van der Waals surface area (Å²) in [5.41, 5.74) is 0.604. The van der Waals surface area contributed by atoms with Crippen molar-refractivity contribution in [3.63, 3.8) is 0 Å². The number of amides is 3. The van der Waals surface area contributed by atoms with Gasteiger partial charge in [0.1, 0.15) is 12.2 Å². The molecule has 8 nitrogen and oxygen atoms in total. The van der Waals surface area contributed by atoms with Crippen molar-refractivity contribution in [3.8, 4) is 11.5 Å². The van der Waals surface area contributed by atoms with Gasteiger partial charge in [-0.15, -0.1) is 0 Å². The molecule has 1 heterocycles. The molecule has 0 radical (unpaired) electrons. The maximum Gasteiger partial charge on any atom is 0.329 e. The Kier molecular flexibility index (Phi) is 5.08. The Morgan fingerprint density at radius 2 is 2.04 bits per heavy atom. The van der Waals surface area contributed by atoms with E-state index in [1.807, 2.05) is 0 Å². The molecule has 1 fully saturated rings. The Labute approximate surface area is 145 Å². The van der Waals surface area contributed by atoms with Crippen molar-refractivity contribution in [2.45, 2.75) is 0 Å². The molecular formula is C14H13IN2O6. The highest BCUT2D eigenvalue weighted by Gasteiger charge is 2.34. The fraction of sp³-hybridized carbons (Fsp3) is 0.214. The van der Waals surface area contributed by atoms with E-state index in [0.29, 0.717) is 22.0 Å². The molecule has 0 unspecified atom stereocenters. The van der Waals surface area contributed by atoms with Crippen LogP contribution in [-0.4, -0.2) is 48.7 Å². The molecule has 0 saturated carbocycles. The zero-order valence-electron chi connectivity index (χ0n) is 12.3. The first-order valence-electron chi connectivity index (χ1n) is 6.35. The van der Waals surface area contributed by atoms with Gasteiger partial charge < -0.3 is 19.9 Å². The lowest BCUT2D eigenvalue weighted by atomic mass is 10.1. The summed E-state index contributed by atoms with van der Waals surface area (Å²) in [5, 5.41) is 11.1. The van der Waals surface area contributed by atoms with Crippen LogP contribution in [0.25, 0.3) is 6.08 Å². The lowest BCUT2D eigenvalue weighted by Crippen LogP contribution is -2.35. The highest BCUT2D eigenvalue weighted by molar-refractivity contribution is 14.1. The van der Waals surface area contributed by atoms with Crippen LogP contribution in [0.1, 0.15) is 5.56 Å². The zero-order valence-corrected chi connectivity index (χ0v) is 14.4. The molecule has 2 N–H and O–H groups in total. The van der Waals surface area contributed by atoms with E-state index in [2.05, 4.69) is 27.9 Å². The van der Waals surface area contributed by atoms with Crippen molar-refractivity contribution in [1.82, 2.24) is 10.2 Å². The van der Waals surface area contributed by atoms with Crippen LogP contribution in [0.2, 0.25) is 0 Å². The van der Waals surface area contributed by atoms with Crippen molar-refractivity contribution in [3.05, 3.63) is 27.0 Å². The Morgan fingerprint density at radius 3 is 2.61 bits per heavy atom. The molecule has 1 aliphatic rings. The van der Waals surface area contributed by atoms with Crippen molar-refractivity contribution in [2.24, 2.45) is 0 Å². The van der Waals surface area contributed by atoms with E-state index < -0.39 is 24.5 Å². The average Bonchev–Trinajstić information content (AvgIpc) is 2.73. The SMILES string of the molecule is COc1cc(/C=C2/NC(=O)N(CC(=O)O)C2=O)cc(I)c1OC. The van der Waals surface area contributed by atoms with Gasteiger partial charge in [0.15, 0.2) is 11.5 Å². The molecule has 2 rings (SSSR count). The molecule has 9 heteroatoms. The second kappa shape index (κ2) is 6.86. The molecule has 0 aromatic heterocycles. The average molecular weight is 432 g/mol. The van der Waals surface area contributed by atoms with Crippen LogP contribution in [-0.2, 0) is 9.59 Å². The van der Waals surface area contributed by atoms with Gasteiger partial charge in [0.25, 0.3) is 5.91 Å². The number of carbonyl (C=O) groups is 3. The van der Waals surface area contributed by atoms with Crippen molar-refractivity contribution in [2.75, 3.05) is 20.8 Å². The molecule has 23 heavy (non-hydrogen) atoms. The molecule has 122 valence electrons. The van der Waals surface area contributed by atoms with Gasteiger partial charge in [-0.1, -0.05) is 0 Å². The van der Waals surface area contributed by atoms with E-state index in [9.17, 15) is 14.4 Å². The number of carbonyl (C=O) groups excluding carboxylic acids is 2. The summed E-state index contributed by atoms with van der Waals surface area (Å²) in [6.45, 7) is -0.689. The van der Waals surface area contributed by atoms with Gasteiger partial charge in [-0.2, -0.15) is 0 Å². The molecule has 0 atom stereocenters. The highest BCUT2D eigenvalue weighted by atomic mass is 127. The number of hydrogen-bond donors (Lipinski definition) is 2. The van der Waals surface area contributed by atoms with Gasteiger partial charge >= 0.3 is 12.0 Å². The lowest BCUT2D eigenvalue weighted by molar-refractivity contribution is -0.140. The normalized spacial score (nSPS) is 15.8. The smallest absolute Gasteiger partial charge is 0.329 e. The molecule has 0 spiro atoms. The number of imide groups is 1. The summed E-state index contributed by atoms with van der Waals surface area (Å²) in [6, 6.07) is 2.63. The molecule has 1 aliphatic heterocycles. The van der Waals surface area contributed by atoms with Crippen LogP contribution in [0.4, 0.5) is 4.79 Å². The molecular weight excluding hydrogens is 419 g/mol. The Bertz CT molecular complexity index is 715. The summed E-state index contributed by atoms with van der Waals surface area (Å²) in [4.78, 5) is 35.0. The van der Waals surface area contributed by atoms with Crippen molar-refractivity contribution in [1.29, 1.82) is 0 Å². The largest absolute Gasteiger partial charge is 0.493 e. The van der Waals surface area contributed by atoms with E-state index in [0.717, 1.165) is 3.57 Å². The molecule has 3 amide bonds. The predicted molar refractivity (Wildman–Crippen MR) is 88.1 cm³/mol. The number of nitrogens with zero attached hydrogens (tertiary/aromatic N) is 1. The first-order chi connectivity index (χ1) is 10.9. The number of aliphatic carboxylic acids is 1. The number of benzene rings is 1. The Balaban J connectivity index is 2.36. The van der Waals surface area contributed by atoms with Gasteiger partial charge in [-0.05, 0) is 46.4 Å². The Morgan fingerprint density at radius 1 is 1.35 bits per heavy atom. The van der Waals surface area contributed by atoms with E-state index in [-0.39, 0.29) is 5.70 Å². The number of rotatable bonds is 5. The second-order valence-electron chi connectivity index (χ2n) is 4.51. The van der Waals surface area contributed by atoms with Gasteiger partial charge in [-0.3, -0.25) is 9.59 Å². The number of ether oxygens (including phenoxy) is 2. The third kappa shape index (κ3) is 3.55. The molecule has 0 aliphatic carbocycles. The van der Waals surface area contributed by atoms with Crippen LogP contribution in [0.5, 0.6) is 11.5 Å². The van der Waals surface area contributed by atoms with Gasteiger partial charge in [-0.25, -0.2) is 9.69 Å². The van der Waals surface area contributed by atoms with Gasteiger partial charge in [0, 0.05) is 0 Å². The first kappa shape index (κ1) is 17.1. The van der Waals surface area contributed by atoms with Crippen molar-refractivity contribution >= 4 is 46.6 Å². The van der Waals surface area contributed by atoms with Crippen LogP contribution in [0.3, 0.4) is 0 Å². The number of urea groups is 1. The highest BCUT2D eigenvalue weighted by Crippen LogP contribution is 2.34. The fourth-order valence-electron chi connectivity index (χ4n) is 2.04. The standard InChI is InChI=1S/C14H13IN2O6/c1-22-10-5-7(3-8(15)12(10)23-2)4-9-13(20)17(6-11(18)19)14(21)16-9/h3-5H,6H2,1-2H3,(H,16,21)(H,18,19)/b9-4+.